The highest BCUT2D eigenvalue weighted by Crippen LogP contribution is 2.36. The van der Waals surface area contributed by atoms with Crippen LogP contribution in [0.4, 0.5) is 17.5 Å². The molecular formula is C16H21N5O2. The van der Waals surface area contributed by atoms with E-state index in [0.717, 1.165) is 38.5 Å². The van der Waals surface area contributed by atoms with Crippen molar-refractivity contribution in [1.82, 2.24) is 9.97 Å². The first-order chi connectivity index (χ1) is 11.1. The maximum absolute atomic E-state index is 11.4. The summed E-state index contributed by atoms with van der Waals surface area (Å²) in [6, 6.07) is 0.250. The highest BCUT2D eigenvalue weighted by Gasteiger charge is 2.29. The predicted octanol–water partition coefficient (Wildman–Crippen LogP) is 3.31. The zero-order chi connectivity index (χ0) is 16.2. The fourth-order valence-electron chi connectivity index (χ4n) is 3.18. The van der Waals surface area contributed by atoms with Crippen molar-refractivity contribution < 1.29 is 4.92 Å². The van der Waals surface area contributed by atoms with Gasteiger partial charge in [-0.05, 0) is 38.5 Å². The van der Waals surface area contributed by atoms with Gasteiger partial charge in [0, 0.05) is 12.0 Å². The second-order valence-corrected chi connectivity index (χ2v) is 6.03. The topological polar surface area (TPSA) is 107 Å². The van der Waals surface area contributed by atoms with E-state index in [1.54, 1.807) is 0 Å². The molecule has 0 fully saturated rings. The standard InChI is InChI=1S/C16H21N5O2/c17-15-14(21(22)23)13(11-7-3-1-4-8-11)19-16(20-15)18-12-9-5-2-6-10-12/h1-3,5,11-12H,4,6-10H2,(H3,17,18,19,20). The van der Waals surface area contributed by atoms with E-state index in [1.807, 2.05) is 0 Å². The highest BCUT2D eigenvalue weighted by molar-refractivity contribution is 5.59. The van der Waals surface area contributed by atoms with E-state index >= 15 is 0 Å². The highest BCUT2D eigenvalue weighted by atomic mass is 16.6. The molecule has 0 saturated heterocycles. The molecule has 2 atom stereocenters. The van der Waals surface area contributed by atoms with Crippen LogP contribution in [0.3, 0.4) is 0 Å². The molecule has 122 valence electrons. The molecule has 2 unspecified atom stereocenters. The molecular weight excluding hydrogens is 294 g/mol. The molecule has 23 heavy (non-hydrogen) atoms. The number of nitrogens with one attached hydrogen (secondary N) is 1. The van der Waals surface area contributed by atoms with Crippen LogP contribution in [0, 0.1) is 10.1 Å². The number of hydrogen-bond donors (Lipinski definition) is 2. The second kappa shape index (κ2) is 6.76. The van der Waals surface area contributed by atoms with Crippen molar-refractivity contribution in [1.29, 1.82) is 0 Å². The molecule has 2 aliphatic rings. The van der Waals surface area contributed by atoms with Crippen molar-refractivity contribution in [2.24, 2.45) is 0 Å². The van der Waals surface area contributed by atoms with E-state index in [2.05, 4.69) is 39.6 Å². The van der Waals surface area contributed by atoms with Gasteiger partial charge < -0.3 is 11.1 Å². The molecule has 0 amide bonds. The Labute approximate surface area is 134 Å². The number of hydrogen-bond acceptors (Lipinski definition) is 6. The number of allylic oxidation sites excluding steroid dienone is 3. The van der Waals surface area contributed by atoms with E-state index in [4.69, 9.17) is 5.73 Å². The van der Waals surface area contributed by atoms with Gasteiger partial charge in [-0.25, -0.2) is 4.98 Å². The molecule has 3 N–H and O–H groups in total. The lowest BCUT2D eigenvalue weighted by molar-refractivity contribution is -0.385. The summed E-state index contributed by atoms with van der Waals surface area (Å²) in [6.45, 7) is 0. The second-order valence-electron chi connectivity index (χ2n) is 6.03. The van der Waals surface area contributed by atoms with Crippen molar-refractivity contribution in [2.75, 3.05) is 11.1 Å². The maximum atomic E-state index is 11.4. The molecule has 1 aromatic heterocycles. The number of anilines is 2. The van der Waals surface area contributed by atoms with Gasteiger partial charge in [0.05, 0.1) is 4.92 Å². The van der Waals surface area contributed by atoms with E-state index in [1.165, 1.54) is 0 Å². The van der Waals surface area contributed by atoms with E-state index in [0.29, 0.717) is 11.6 Å². The average molecular weight is 315 g/mol. The molecule has 2 aliphatic carbocycles. The van der Waals surface area contributed by atoms with Crippen LogP contribution in [0.1, 0.15) is 50.1 Å². The minimum atomic E-state index is -0.462. The number of rotatable bonds is 4. The first-order valence-corrected chi connectivity index (χ1v) is 8.03. The number of nitrogens with zero attached hydrogens (tertiary/aromatic N) is 3. The van der Waals surface area contributed by atoms with Gasteiger partial charge in [0.2, 0.25) is 11.8 Å². The number of nitrogens with two attached hydrogens (primary N) is 1. The molecule has 0 spiro atoms. The van der Waals surface area contributed by atoms with Crippen LogP contribution in [0.25, 0.3) is 0 Å². The molecule has 0 saturated carbocycles. The van der Waals surface area contributed by atoms with Crippen LogP contribution in [0.15, 0.2) is 24.3 Å². The zero-order valence-corrected chi connectivity index (χ0v) is 12.9. The Balaban J connectivity index is 1.92. The molecule has 1 heterocycles. The number of nitro groups is 1. The lowest BCUT2D eigenvalue weighted by atomic mass is 9.90. The minimum Gasteiger partial charge on any atom is -0.378 e. The van der Waals surface area contributed by atoms with Crippen LogP contribution in [-0.4, -0.2) is 20.9 Å². The summed E-state index contributed by atoms with van der Waals surface area (Å²) in [5, 5.41) is 14.7. The van der Waals surface area contributed by atoms with E-state index in [-0.39, 0.29) is 23.5 Å². The van der Waals surface area contributed by atoms with Gasteiger partial charge in [0.25, 0.3) is 0 Å². The average Bonchev–Trinajstić information content (AvgIpc) is 2.55. The third-order valence-corrected chi connectivity index (χ3v) is 4.38. The molecule has 0 aromatic carbocycles. The van der Waals surface area contributed by atoms with Gasteiger partial charge in [0.1, 0.15) is 5.69 Å². The summed E-state index contributed by atoms with van der Waals surface area (Å²) in [7, 11) is 0. The van der Waals surface area contributed by atoms with Crippen LogP contribution >= 0.6 is 0 Å². The van der Waals surface area contributed by atoms with Crippen molar-refractivity contribution in [3.05, 3.63) is 40.1 Å². The summed E-state index contributed by atoms with van der Waals surface area (Å²) < 4.78 is 0. The lowest BCUT2D eigenvalue weighted by Crippen LogP contribution is -2.23. The maximum Gasteiger partial charge on any atom is 0.332 e. The van der Waals surface area contributed by atoms with Crippen molar-refractivity contribution >= 4 is 17.5 Å². The fourth-order valence-corrected chi connectivity index (χ4v) is 3.18. The Morgan fingerprint density at radius 1 is 1.13 bits per heavy atom. The van der Waals surface area contributed by atoms with Crippen molar-refractivity contribution in [3.63, 3.8) is 0 Å². The van der Waals surface area contributed by atoms with Crippen LogP contribution in [0.5, 0.6) is 0 Å². The van der Waals surface area contributed by atoms with E-state index in [9.17, 15) is 10.1 Å². The van der Waals surface area contributed by atoms with Crippen LogP contribution < -0.4 is 11.1 Å². The zero-order valence-electron chi connectivity index (χ0n) is 12.9. The van der Waals surface area contributed by atoms with Crippen LogP contribution in [-0.2, 0) is 0 Å². The summed E-state index contributed by atoms with van der Waals surface area (Å²) in [6.07, 6.45) is 13.9. The first kappa shape index (κ1) is 15.5. The van der Waals surface area contributed by atoms with Crippen molar-refractivity contribution in [3.8, 4) is 0 Å². The first-order valence-electron chi connectivity index (χ1n) is 8.03. The Bertz CT molecular complexity index is 656. The van der Waals surface area contributed by atoms with Gasteiger partial charge in [-0.15, -0.1) is 0 Å². The largest absolute Gasteiger partial charge is 0.378 e. The fraction of sp³-hybridized carbons (Fsp3) is 0.500. The quantitative estimate of drug-likeness (QED) is 0.501. The summed E-state index contributed by atoms with van der Waals surface area (Å²) >= 11 is 0. The predicted molar refractivity (Wildman–Crippen MR) is 89.2 cm³/mol. The monoisotopic (exact) mass is 315 g/mol. The Hall–Kier alpha value is -2.44. The number of nitrogen functional groups attached to an aromatic ring is 1. The van der Waals surface area contributed by atoms with Crippen LogP contribution in [0.2, 0.25) is 0 Å². The molecule has 0 bridgehead atoms. The normalized spacial score (nSPS) is 23.7. The van der Waals surface area contributed by atoms with E-state index < -0.39 is 4.92 Å². The summed E-state index contributed by atoms with van der Waals surface area (Å²) in [4.78, 5) is 19.5. The Kier molecular flexibility index (Phi) is 4.55. The van der Waals surface area contributed by atoms with Gasteiger partial charge in [-0.3, -0.25) is 10.1 Å². The summed E-state index contributed by atoms with van der Waals surface area (Å²) in [5.74, 6) is 0.374. The smallest absolute Gasteiger partial charge is 0.332 e. The van der Waals surface area contributed by atoms with Gasteiger partial charge in [-0.2, -0.15) is 4.98 Å². The molecule has 0 aliphatic heterocycles. The third kappa shape index (κ3) is 3.49. The number of aromatic nitrogens is 2. The molecule has 7 nitrogen and oxygen atoms in total. The molecule has 3 rings (SSSR count). The molecule has 0 radical (unpaired) electrons. The summed E-state index contributed by atoms with van der Waals surface area (Å²) in [5.41, 5.74) is 6.19. The van der Waals surface area contributed by atoms with Gasteiger partial charge in [-0.1, -0.05) is 24.3 Å². The SMILES string of the molecule is Nc1nc(NC2CC=CCC2)nc(C2CC=CCC2)c1[N+](=O)[O-]. The molecule has 1 aromatic rings. The Morgan fingerprint density at radius 3 is 2.48 bits per heavy atom. The Morgan fingerprint density at radius 2 is 1.87 bits per heavy atom. The minimum absolute atomic E-state index is 0.0255. The van der Waals surface area contributed by atoms with Gasteiger partial charge in [0.15, 0.2) is 0 Å². The third-order valence-electron chi connectivity index (χ3n) is 4.38. The van der Waals surface area contributed by atoms with Gasteiger partial charge >= 0.3 is 5.69 Å². The lowest BCUT2D eigenvalue weighted by Gasteiger charge is -2.21. The van der Waals surface area contributed by atoms with Crippen molar-refractivity contribution in [2.45, 2.75) is 50.5 Å². The molecule has 7 heteroatoms.